The molecule has 1 aromatic carbocycles. The maximum absolute atomic E-state index is 12.1. The van der Waals surface area contributed by atoms with Gasteiger partial charge in [-0.15, -0.1) is 0 Å². The summed E-state index contributed by atoms with van der Waals surface area (Å²) in [5.41, 5.74) is 6.70. The maximum Gasteiger partial charge on any atom is 0.257 e. The van der Waals surface area contributed by atoms with Gasteiger partial charge >= 0.3 is 0 Å². The predicted molar refractivity (Wildman–Crippen MR) is 82.9 cm³/mol. The van der Waals surface area contributed by atoms with Crippen LogP contribution in [0.25, 0.3) is 0 Å². The topological polar surface area (TPSA) is 106 Å². The Kier molecular flexibility index (Phi) is 5.05. The Labute approximate surface area is 127 Å². The van der Waals surface area contributed by atoms with Crippen molar-refractivity contribution in [2.24, 2.45) is 5.73 Å². The van der Waals surface area contributed by atoms with Crippen LogP contribution in [0.3, 0.4) is 0 Å². The lowest BCUT2D eigenvalue weighted by molar-refractivity contribution is -0.114. The van der Waals surface area contributed by atoms with Crippen LogP contribution >= 0.6 is 0 Å². The summed E-state index contributed by atoms with van der Waals surface area (Å²) >= 11 is 0. The average molecular weight is 300 g/mol. The fourth-order valence-electron chi connectivity index (χ4n) is 1.78. The second kappa shape index (κ2) is 7.19. The van der Waals surface area contributed by atoms with Gasteiger partial charge in [0.15, 0.2) is 0 Å². The second-order valence-electron chi connectivity index (χ2n) is 4.36. The highest BCUT2D eigenvalue weighted by Gasteiger charge is 2.11. The number of aromatic nitrogens is 1. The lowest BCUT2D eigenvalue weighted by Gasteiger charge is -2.12. The molecule has 22 heavy (non-hydrogen) atoms. The van der Waals surface area contributed by atoms with Crippen LogP contribution in [-0.4, -0.2) is 30.5 Å². The number of anilines is 2. The summed E-state index contributed by atoms with van der Waals surface area (Å²) in [6, 6.07) is 8.23. The minimum absolute atomic E-state index is 0.109. The number of pyridine rings is 1. The summed E-state index contributed by atoms with van der Waals surface area (Å²) < 4.78 is 5.23. The number of ether oxygens (including phenoxy) is 1. The van der Waals surface area contributed by atoms with Crippen LogP contribution in [0.5, 0.6) is 5.75 Å². The molecule has 114 valence electrons. The Morgan fingerprint density at radius 3 is 2.73 bits per heavy atom. The standard InChI is InChI=1S/C15H16N4O3/c1-22-13-7-11(18-14(20)8-16)4-5-12(13)19-15(21)10-3-2-6-17-9-10/h2-7,9H,8,16H2,1H3,(H,18,20)(H,19,21). The van der Waals surface area contributed by atoms with Crippen LogP contribution in [0.2, 0.25) is 0 Å². The molecule has 2 aromatic rings. The summed E-state index contributed by atoms with van der Waals surface area (Å²) in [7, 11) is 1.48. The van der Waals surface area contributed by atoms with Crippen LogP contribution in [-0.2, 0) is 4.79 Å². The highest BCUT2D eigenvalue weighted by atomic mass is 16.5. The molecular formula is C15H16N4O3. The van der Waals surface area contributed by atoms with Crippen molar-refractivity contribution in [3.8, 4) is 5.75 Å². The molecule has 0 aliphatic rings. The third kappa shape index (κ3) is 3.80. The van der Waals surface area contributed by atoms with E-state index in [1.165, 1.54) is 13.3 Å². The van der Waals surface area contributed by atoms with E-state index < -0.39 is 0 Å². The van der Waals surface area contributed by atoms with Crippen molar-refractivity contribution in [1.82, 2.24) is 4.98 Å². The van der Waals surface area contributed by atoms with E-state index in [1.807, 2.05) is 0 Å². The van der Waals surface area contributed by atoms with Crippen LogP contribution in [0, 0.1) is 0 Å². The molecule has 7 heteroatoms. The molecule has 7 nitrogen and oxygen atoms in total. The summed E-state index contributed by atoms with van der Waals surface area (Å²) in [6.07, 6.45) is 3.06. The highest BCUT2D eigenvalue weighted by molar-refractivity contribution is 6.05. The Morgan fingerprint density at radius 2 is 2.09 bits per heavy atom. The highest BCUT2D eigenvalue weighted by Crippen LogP contribution is 2.28. The fraction of sp³-hybridized carbons (Fsp3) is 0.133. The van der Waals surface area contributed by atoms with Gasteiger partial charge in [0.1, 0.15) is 5.75 Å². The number of carbonyl (C=O) groups is 2. The molecule has 4 N–H and O–H groups in total. The lowest BCUT2D eigenvalue weighted by atomic mass is 10.2. The third-order valence-corrected chi connectivity index (χ3v) is 2.84. The lowest BCUT2D eigenvalue weighted by Crippen LogP contribution is -2.21. The molecule has 0 saturated carbocycles. The summed E-state index contributed by atoms with van der Waals surface area (Å²) in [5.74, 6) is -0.189. The maximum atomic E-state index is 12.1. The van der Waals surface area contributed by atoms with E-state index in [0.717, 1.165) is 0 Å². The number of hydrogen-bond acceptors (Lipinski definition) is 5. The molecule has 1 aromatic heterocycles. The number of nitrogens with one attached hydrogen (secondary N) is 2. The molecule has 0 radical (unpaired) electrons. The van der Waals surface area contributed by atoms with Crippen molar-refractivity contribution in [3.63, 3.8) is 0 Å². The van der Waals surface area contributed by atoms with E-state index in [-0.39, 0.29) is 18.4 Å². The van der Waals surface area contributed by atoms with E-state index in [4.69, 9.17) is 10.5 Å². The summed E-state index contributed by atoms with van der Waals surface area (Å²) in [6.45, 7) is -0.109. The van der Waals surface area contributed by atoms with E-state index in [1.54, 1.807) is 36.5 Å². The van der Waals surface area contributed by atoms with E-state index in [9.17, 15) is 9.59 Å². The van der Waals surface area contributed by atoms with Crippen molar-refractivity contribution >= 4 is 23.2 Å². The smallest absolute Gasteiger partial charge is 0.257 e. The van der Waals surface area contributed by atoms with Gasteiger partial charge in [0.05, 0.1) is 24.9 Å². The second-order valence-corrected chi connectivity index (χ2v) is 4.36. The van der Waals surface area contributed by atoms with Crippen molar-refractivity contribution < 1.29 is 14.3 Å². The normalized spacial score (nSPS) is 9.91. The number of methoxy groups -OCH3 is 1. The zero-order chi connectivity index (χ0) is 15.9. The van der Waals surface area contributed by atoms with Crippen LogP contribution in [0.1, 0.15) is 10.4 Å². The van der Waals surface area contributed by atoms with Gasteiger partial charge in [-0.25, -0.2) is 0 Å². The van der Waals surface area contributed by atoms with Crippen LogP contribution < -0.4 is 21.1 Å². The molecule has 1 heterocycles. The Morgan fingerprint density at radius 1 is 1.27 bits per heavy atom. The number of benzene rings is 1. The third-order valence-electron chi connectivity index (χ3n) is 2.84. The molecule has 2 rings (SSSR count). The average Bonchev–Trinajstić information content (AvgIpc) is 2.56. The molecule has 0 unspecified atom stereocenters. The molecule has 0 fully saturated rings. The first-order chi connectivity index (χ1) is 10.6. The molecular weight excluding hydrogens is 284 g/mol. The minimum atomic E-state index is -0.311. The van der Waals surface area contributed by atoms with Crippen LogP contribution in [0.15, 0.2) is 42.7 Å². The zero-order valence-electron chi connectivity index (χ0n) is 12.0. The number of nitrogens with zero attached hydrogens (tertiary/aromatic N) is 1. The van der Waals surface area contributed by atoms with Gasteiger partial charge in [-0.05, 0) is 24.3 Å². The van der Waals surface area contributed by atoms with Crippen molar-refractivity contribution in [3.05, 3.63) is 48.3 Å². The van der Waals surface area contributed by atoms with Gasteiger partial charge in [0.25, 0.3) is 5.91 Å². The van der Waals surface area contributed by atoms with Gasteiger partial charge in [0.2, 0.25) is 5.91 Å². The fourth-order valence-corrected chi connectivity index (χ4v) is 1.78. The number of amides is 2. The number of rotatable bonds is 5. The Bertz CT molecular complexity index is 674. The van der Waals surface area contributed by atoms with Crippen LogP contribution in [0.4, 0.5) is 11.4 Å². The first-order valence-corrected chi connectivity index (χ1v) is 6.53. The van der Waals surface area contributed by atoms with Gasteiger partial charge in [-0.2, -0.15) is 0 Å². The number of nitrogens with two attached hydrogens (primary N) is 1. The van der Waals surface area contributed by atoms with Gasteiger partial charge < -0.3 is 21.1 Å². The molecule has 0 atom stereocenters. The molecule has 0 aliphatic carbocycles. The summed E-state index contributed by atoms with van der Waals surface area (Å²) in [4.78, 5) is 27.3. The van der Waals surface area contributed by atoms with E-state index >= 15 is 0 Å². The van der Waals surface area contributed by atoms with Crippen molar-refractivity contribution in [1.29, 1.82) is 0 Å². The molecule has 0 aliphatic heterocycles. The summed E-state index contributed by atoms with van der Waals surface area (Å²) in [5, 5.41) is 5.34. The molecule has 2 amide bonds. The van der Waals surface area contributed by atoms with Crippen molar-refractivity contribution in [2.75, 3.05) is 24.3 Å². The van der Waals surface area contributed by atoms with Gasteiger partial charge in [-0.1, -0.05) is 0 Å². The van der Waals surface area contributed by atoms with Gasteiger partial charge in [-0.3, -0.25) is 14.6 Å². The number of hydrogen-bond donors (Lipinski definition) is 3. The molecule has 0 bridgehead atoms. The minimum Gasteiger partial charge on any atom is -0.494 e. The largest absolute Gasteiger partial charge is 0.494 e. The number of carbonyl (C=O) groups excluding carboxylic acids is 2. The van der Waals surface area contributed by atoms with E-state index in [2.05, 4.69) is 15.6 Å². The zero-order valence-corrected chi connectivity index (χ0v) is 12.0. The molecule has 0 spiro atoms. The monoisotopic (exact) mass is 300 g/mol. The first kappa shape index (κ1) is 15.5. The Hall–Kier alpha value is -2.93. The molecule has 0 saturated heterocycles. The quantitative estimate of drug-likeness (QED) is 0.770. The van der Waals surface area contributed by atoms with Crippen molar-refractivity contribution in [2.45, 2.75) is 0 Å². The first-order valence-electron chi connectivity index (χ1n) is 6.53. The SMILES string of the molecule is COc1cc(NC(=O)CN)ccc1NC(=O)c1cccnc1. The van der Waals surface area contributed by atoms with E-state index in [0.29, 0.717) is 22.7 Å². The Balaban J connectivity index is 2.17. The predicted octanol–water partition coefficient (Wildman–Crippen LogP) is 1.24. The van der Waals surface area contributed by atoms with Gasteiger partial charge in [0, 0.05) is 24.1 Å².